The number of carbonyl (C=O) groups is 1. The van der Waals surface area contributed by atoms with Gasteiger partial charge in [0.1, 0.15) is 0 Å². The average Bonchev–Trinajstić information content (AvgIpc) is 2.25. The number of hydrogen-bond acceptors (Lipinski definition) is 3. The maximum absolute atomic E-state index is 12.2. The average molecular weight is 254 g/mol. The Labute approximate surface area is 110 Å². The number of aliphatic hydroxyl groups is 1. The highest BCUT2D eigenvalue weighted by atomic mass is 16.3. The first-order valence-corrected chi connectivity index (χ1v) is 7.09. The Bertz CT molecular complexity index is 324. The molecule has 0 spiro atoms. The molecule has 2 rings (SSSR count). The molecule has 3 N–H and O–H groups in total. The van der Waals surface area contributed by atoms with E-state index >= 15 is 0 Å². The van der Waals surface area contributed by atoms with E-state index in [0.717, 1.165) is 25.7 Å². The minimum absolute atomic E-state index is 0.134. The molecule has 0 radical (unpaired) electrons. The van der Waals surface area contributed by atoms with E-state index in [-0.39, 0.29) is 11.8 Å². The molecular formula is C14H26N2O2. The number of carbonyl (C=O) groups excluding carboxylic acids is 1. The Balaban J connectivity index is 1.96. The van der Waals surface area contributed by atoms with E-state index < -0.39 is 11.1 Å². The van der Waals surface area contributed by atoms with E-state index in [0.29, 0.717) is 19.5 Å². The molecule has 4 nitrogen and oxygen atoms in total. The summed E-state index contributed by atoms with van der Waals surface area (Å²) in [5.74, 6) is 0.403. The summed E-state index contributed by atoms with van der Waals surface area (Å²) in [5.41, 5.74) is 4.95. The molecule has 2 atom stereocenters. The number of piperidine rings is 1. The summed E-state index contributed by atoms with van der Waals surface area (Å²) < 4.78 is 0. The molecule has 2 aliphatic rings. The zero-order valence-electron chi connectivity index (χ0n) is 11.6. The highest BCUT2D eigenvalue weighted by Gasteiger charge is 2.43. The molecule has 0 aromatic heterocycles. The van der Waals surface area contributed by atoms with Crippen LogP contribution in [0.4, 0.5) is 0 Å². The van der Waals surface area contributed by atoms with Crippen molar-refractivity contribution in [2.75, 3.05) is 13.1 Å². The van der Waals surface area contributed by atoms with Crippen molar-refractivity contribution in [2.45, 2.75) is 63.5 Å². The van der Waals surface area contributed by atoms with Gasteiger partial charge in [-0.2, -0.15) is 0 Å². The van der Waals surface area contributed by atoms with Crippen LogP contribution in [0, 0.1) is 5.92 Å². The fourth-order valence-corrected chi connectivity index (χ4v) is 3.30. The monoisotopic (exact) mass is 254 g/mol. The van der Waals surface area contributed by atoms with Gasteiger partial charge in [-0.05, 0) is 33.1 Å². The van der Waals surface area contributed by atoms with E-state index in [1.807, 2.05) is 18.7 Å². The van der Waals surface area contributed by atoms with Crippen molar-refractivity contribution < 1.29 is 9.90 Å². The third kappa shape index (κ3) is 3.04. The zero-order chi connectivity index (χ0) is 13.4. The van der Waals surface area contributed by atoms with Crippen LogP contribution in [-0.4, -0.2) is 40.1 Å². The van der Waals surface area contributed by atoms with Crippen LogP contribution in [0.1, 0.15) is 52.4 Å². The Morgan fingerprint density at radius 2 is 2.17 bits per heavy atom. The Morgan fingerprint density at radius 1 is 1.44 bits per heavy atom. The van der Waals surface area contributed by atoms with E-state index in [1.54, 1.807) is 0 Å². The molecule has 1 aliphatic carbocycles. The lowest BCUT2D eigenvalue weighted by Crippen LogP contribution is -2.55. The van der Waals surface area contributed by atoms with E-state index in [1.165, 1.54) is 6.42 Å². The lowest BCUT2D eigenvalue weighted by Gasteiger charge is -2.47. The third-order valence-electron chi connectivity index (χ3n) is 4.39. The van der Waals surface area contributed by atoms with Crippen LogP contribution in [0.3, 0.4) is 0 Å². The summed E-state index contributed by atoms with van der Waals surface area (Å²) in [6, 6.07) is 0. The number of amides is 1. The molecule has 1 saturated heterocycles. The predicted molar refractivity (Wildman–Crippen MR) is 71.0 cm³/mol. The molecule has 1 heterocycles. The van der Waals surface area contributed by atoms with Crippen LogP contribution in [0.25, 0.3) is 0 Å². The topological polar surface area (TPSA) is 66.6 Å². The van der Waals surface area contributed by atoms with Gasteiger partial charge in [0, 0.05) is 31.0 Å². The van der Waals surface area contributed by atoms with Crippen LogP contribution in [0.5, 0.6) is 0 Å². The van der Waals surface area contributed by atoms with Gasteiger partial charge in [-0.3, -0.25) is 4.79 Å². The number of nitrogens with two attached hydrogens (primary N) is 1. The summed E-state index contributed by atoms with van der Waals surface area (Å²) in [4.78, 5) is 14.1. The first kappa shape index (κ1) is 13.8. The van der Waals surface area contributed by atoms with Gasteiger partial charge >= 0.3 is 0 Å². The van der Waals surface area contributed by atoms with Crippen LogP contribution >= 0.6 is 0 Å². The summed E-state index contributed by atoms with van der Waals surface area (Å²) in [6.07, 6.45) is 5.37. The van der Waals surface area contributed by atoms with Crippen molar-refractivity contribution in [1.82, 2.24) is 4.90 Å². The van der Waals surface area contributed by atoms with Gasteiger partial charge < -0.3 is 15.7 Å². The normalized spacial score (nSPS) is 33.1. The van der Waals surface area contributed by atoms with Crippen molar-refractivity contribution >= 4 is 5.91 Å². The van der Waals surface area contributed by atoms with Crippen molar-refractivity contribution in [2.24, 2.45) is 11.7 Å². The number of likely N-dealkylation sites (tertiary alicyclic amines) is 1. The van der Waals surface area contributed by atoms with Crippen molar-refractivity contribution in [1.29, 1.82) is 0 Å². The zero-order valence-corrected chi connectivity index (χ0v) is 11.6. The summed E-state index contributed by atoms with van der Waals surface area (Å²) in [5, 5.41) is 10.6. The van der Waals surface area contributed by atoms with Crippen molar-refractivity contribution in [3.8, 4) is 0 Å². The third-order valence-corrected chi connectivity index (χ3v) is 4.39. The Kier molecular flexibility index (Phi) is 3.70. The predicted octanol–water partition coefficient (Wildman–Crippen LogP) is 1.27. The van der Waals surface area contributed by atoms with E-state index in [4.69, 9.17) is 5.73 Å². The van der Waals surface area contributed by atoms with Crippen LogP contribution in [0.15, 0.2) is 0 Å². The second kappa shape index (κ2) is 4.82. The van der Waals surface area contributed by atoms with Gasteiger partial charge in [-0.1, -0.05) is 12.8 Å². The molecular weight excluding hydrogens is 228 g/mol. The Hall–Kier alpha value is -0.610. The second-order valence-electron chi connectivity index (χ2n) is 6.80. The van der Waals surface area contributed by atoms with Gasteiger partial charge in [0.15, 0.2) is 0 Å². The smallest absolute Gasteiger partial charge is 0.224 e. The molecule has 0 aromatic rings. The fourth-order valence-electron chi connectivity index (χ4n) is 3.30. The maximum atomic E-state index is 12.2. The first-order chi connectivity index (χ1) is 8.30. The van der Waals surface area contributed by atoms with Gasteiger partial charge in [0.25, 0.3) is 0 Å². The van der Waals surface area contributed by atoms with Crippen molar-refractivity contribution in [3.05, 3.63) is 0 Å². The molecule has 0 aromatic carbocycles. The molecule has 18 heavy (non-hydrogen) atoms. The van der Waals surface area contributed by atoms with Gasteiger partial charge in [0.2, 0.25) is 5.91 Å². The standard InChI is InChI=1S/C14H26N2O2/c1-13(2,15)9-12(17)16-8-7-14(18)6-4-3-5-11(14)10-16/h11,18H,3-10,15H2,1-2H3. The fraction of sp³-hybridized carbons (Fsp3) is 0.929. The minimum atomic E-state index is -0.507. The number of hydrogen-bond donors (Lipinski definition) is 2. The molecule has 2 unspecified atom stereocenters. The van der Waals surface area contributed by atoms with E-state index in [9.17, 15) is 9.90 Å². The molecule has 104 valence electrons. The van der Waals surface area contributed by atoms with Gasteiger partial charge in [0.05, 0.1) is 5.60 Å². The number of rotatable bonds is 2. The van der Waals surface area contributed by atoms with Crippen LogP contribution in [0.2, 0.25) is 0 Å². The SMILES string of the molecule is CC(C)(N)CC(=O)N1CCC2(O)CCCCC2C1. The molecule has 1 saturated carbocycles. The molecule has 1 amide bonds. The van der Waals surface area contributed by atoms with Crippen molar-refractivity contribution in [3.63, 3.8) is 0 Å². The Morgan fingerprint density at radius 3 is 2.83 bits per heavy atom. The highest BCUT2D eigenvalue weighted by Crippen LogP contribution is 2.39. The molecule has 4 heteroatoms. The van der Waals surface area contributed by atoms with E-state index in [2.05, 4.69) is 0 Å². The number of fused-ring (bicyclic) bond motifs is 1. The molecule has 0 bridgehead atoms. The van der Waals surface area contributed by atoms with Crippen LogP contribution in [-0.2, 0) is 4.79 Å². The summed E-state index contributed by atoms with van der Waals surface area (Å²) >= 11 is 0. The first-order valence-electron chi connectivity index (χ1n) is 7.09. The summed E-state index contributed by atoms with van der Waals surface area (Å²) in [6.45, 7) is 5.16. The quantitative estimate of drug-likeness (QED) is 0.780. The van der Waals surface area contributed by atoms with Crippen LogP contribution < -0.4 is 5.73 Å². The highest BCUT2D eigenvalue weighted by molar-refractivity contribution is 5.77. The van der Waals surface area contributed by atoms with Gasteiger partial charge in [-0.15, -0.1) is 0 Å². The number of nitrogens with zero attached hydrogens (tertiary/aromatic N) is 1. The lowest BCUT2D eigenvalue weighted by molar-refractivity contribution is -0.144. The lowest BCUT2D eigenvalue weighted by atomic mass is 9.71. The van der Waals surface area contributed by atoms with Gasteiger partial charge in [-0.25, -0.2) is 0 Å². The minimum Gasteiger partial charge on any atom is -0.389 e. The summed E-state index contributed by atoms with van der Waals surface area (Å²) in [7, 11) is 0. The second-order valence-corrected chi connectivity index (χ2v) is 6.80. The molecule has 2 fully saturated rings. The largest absolute Gasteiger partial charge is 0.389 e. The molecule has 1 aliphatic heterocycles. The maximum Gasteiger partial charge on any atom is 0.224 e.